The van der Waals surface area contributed by atoms with Crippen molar-refractivity contribution in [3.63, 3.8) is 0 Å². The Morgan fingerprint density at radius 3 is 1.32 bits per heavy atom. The van der Waals surface area contributed by atoms with Gasteiger partial charge in [-0.05, 0) is 49.2 Å². The van der Waals surface area contributed by atoms with Gasteiger partial charge in [-0.3, -0.25) is 0 Å². The predicted molar refractivity (Wildman–Crippen MR) is 120 cm³/mol. The van der Waals surface area contributed by atoms with E-state index in [2.05, 4.69) is 24.7 Å². The molecule has 28 heavy (non-hydrogen) atoms. The van der Waals surface area contributed by atoms with Crippen LogP contribution in [0.4, 0.5) is 18.9 Å². The van der Waals surface area contributed by atoms with E-state index in [4.69, 9.17) is 0 Å². The first kappa shape index (κ1) is 30.1. The van der Waals surface area contributed by atoms with Crippen LogP contribution in [0.25, 0.3) is 11.1 Å². The second-order valence-corrected chi connectivity index (χ2v) is 5.11. The summed E-state index contributed by atoms with van der Waals surface area (Å²) in [7, 11) is 1.81. The highest BCUT2D eigenvalue weighted by Gasteiger charge is 2.29. The second kappa shape index (κ2) is 17.7. The first-order chi connectivity index (χ1) is 13.2. The fraction of sp³-hybridized carbons (Fsp3) is 0.333. The lowest BCUT2D eigenvalue weighted by Crippen LogP contribution is -2.03. The number of nitrogens with one attached hydrogen (secondary N) is 1. The Bertz CT molecular complexity index is 632. The zero-order valence-corrected chi connectivity index (χ0v) is 18.1. The molecule has 0 fully saturated rings. The third-order valence-corrected chi connectivity index (χ3v) is 2.72. The van der Waals surface area contributed by atoms with Crippen molar-refractivity contribution in [1.82, 2.24) is 0 Å². The maximum absolute atomic E-state index is 12.4. The topological polar surface area (TPSA) is 12.0 Å². The van der Waals surface area contributed by atoms with E-state index in [1.54, 1.807) is 0 Å². The van der Waals surface area contributed by atoms with Crippen LogP contribution in [0.2, 0.25) is 0 Å². The fourth-order valence-electron chi connectivity index (χ4n) is 1.68. The molecule has 0 saturated carbocycles. The van der Waals surface area contributed by atoms with E-state index in [1.807, 2.05) is 72.9 Å². The van der Waals surface area contributed by atoms with Crippen LogP contribution in [0.15, 0.2) is 60.7 Å². The quantitative estimate of drug-likeness (QED) is 0.400. The normalized spacial score (nSPS) is 8.71. The zero-order chi connectivity index (χ0) is 22.8. The number of anilines is 1. The number of benzene rings is 2. The monoisotopic (exact) mass is 393 g/mol. The largest absolute Gasteiger partial charge is 0.416 e. The molecule has 2 aromatic rings. The van der Waals surface area contributed by atoms with E-state index >= 15 is 0 Å². The molecule has 0 unspecified atom stereocenters. The average molecular weight is 394 g/mol. The predicted octanol–water partition coefficient (Wildman–Crippen LogP) is 8.30. The minimum atomic E-state index is -4.28. The number of rotatable bonds is 2. The maximum atomic E-state index is 12.4. The maximum Gasteiger partial charge on any atom is 0.416 e. The van der Waals surface area contributed by atoms with Crippen molar-refractivity contribution >= 4 is 5.69 Å². The summed E-state index contributed by atoms with van der Waals surface area (Å²) in [5.74, 6) is 0. The summed E-state index contributed by atoms with van der Waals surface area (Å²) < 4.78 is 37.2. The Morgan fingerprint density at radius 2 is 1.07 bits per heavy atom. The molecule has 0 aliphatic heterocycles. The van der Waals surface area contributed by atoms with Crippen LogP contribution >= 0.6 is 0 Å². The smallest absolute Gasteiger partial charge is 0.388 e. The third kappa shape index (κ3) is 13.5. The molecule has 4 heteroatoms. The van der Waals surface area contributed by atoms with E-state index in [0.29, 0.717) is 0 Å². The van der Waals surface area contributed by atoms with E-state index < -0.39 is 11.7 Å². The summed E-state index contributed by atoms with van der Waals surface area (Å²) in [4.78, 5) is 0. The van der Waals surface area contributed by atoms with Crippen LogP contribution in [0.5, 0.6) is 0 Å². The molecule has 0 heterocycles. The third-order valence-electron chi connectivity index (χ3n) is 2.72. The fourth-order valence-corrected chi connectivity index (χ4v) is 1.68. The first-order valence-electron chi connectivity index (χ1n) is 9.15. The number of allylic oxidation sites excluding steroid dienone is 1. The van der Waals surface area contributed by atoms with Gasteiger partial charge in [0.25, 0.3) is 0 Å². The molecular weight excluding hydrogens is 359 g/mol. The van der Waals surface area contributed by atoms with Gasteiger partial charge in [-0.2, -0.15) is 13.2 Å². The Morgan fingerprint density at radius 1 is 0.786 bits per heavy atom. The molecule has 0 aliphatic carbocycles. The van der Waals surface area contributed by atoms with Crippen LogP contribution in [0.1, 0.15) is 47.1 Å². The van der Waals surface area contributed by atoms with E-state index in [1.165, 1.54) is 17.7 Å². The van der Waals surface area contributed by atoms with Gasteiger partial charge in [-0.1, -0.05) is 57.5 Å². The van der Waals surface area contributed by atoms with Crippen molar-refractivity contribution in [3.05, 3.63) is 66.2 Å². The summed E-state index contributed by atoms with van der Waals surface area (Å²) in [5, 5.41) is 2.99. The van der Waals surface area contributed by atoms with Crippen molar-refractivity contribution in [2.24, 2.45) is 0 Å². The second-order valence-electron chi connectivity index (χ2n) is 5.11. The van der Waals surface area contributed by atoms with Crippen molar-refractivity contribution in [1.29, 1.82) is 0 Å². The molecule has 1 N–H and O–H groups in total. The van der Waals surface area contributed by atoms with Crippen molar-refractivity contribution < 1.29 is 13.2 Å². The van der Waals surface area contributed by atoms with E-state index in [9.17, 15) is 13.2 Å². The van der Waals surface area contributed by atoms with Crippen LogP contribution < -0.4 is 5.32 Å². The highest BCUT2D eigenvalue weighted by atomic mass is 19.4. The molecular formula is C24H34F3N. The minimum absolute atomic E-state index is 0.627. The van der Waals surface area contributed by atoms with Gasteiger partial charge in [0, 0.05) is 12.7 Å². The molecule has 2 aromatic carbocycles. The zero-order valence-electron chi connectivity index (χ0n) is 18.1. The SMILES string of the molecule is C#C.C=C(C)C.CC.CC.CNc1ccc(-c2ccc(C(F)(F)F)cc2)cc1. The first-order valence-corrected chi connectivity index (χ1v) is 9.15. The van der Waals surface area contributed by atoms with Crippen molar-refractivity contribution in [2.45, 2.75) is 47.7 Å². The summed E-state index contributed by atoms with van der Waals surface area (Å²) in [5.41, 5.74) is 3.16. The lowest BCUT2D eigenvalue weighted by atomic mass is 10.0. The van der Waals surface area contributed by atoms with Gasteiger partial charge in [0.05, 0.1) is 5.56 Å². The molecule has 2 rings (SSSR count). The van der Waals surface area contributed by atoms with Crippen LogP contribution in [-0.4, -0.2) is 7.05 Å². The van der Waals surface area contributed by atoms with Crippen molar-refractivity contribution in [3.8, 4) is 24.0 Å². The van der Waals surface area contributed by atoms with Gasteiger partial charge >= 0.3 is 6.18 Å². The molecule has 0 aliphatic rings. The van der Waals surface area contributed by atoms with Gasteiger partial charge in [-0.25, -0.2) is 0 Å². The van der Waals surface area contributed by atoms with Crippen LogP contribution in [0.3, 0.4) is 0 Å². The summed E-state index contributed by atoms with van der Waals surface area (Å²) in [6.07, 6.45) is 3.72. The molecule has 0 bridgehead atoms. The average Bonchev–Trinajstić information content (AvgIpc) is 2.72. The van der Waals surface area contributed by atoms with E-state index in [-0.39, 0.29) is 0 Å². The van der Waals surface area contributed by atoms with Crippen molar-refractivity contribution in [2.75, 3.05) is 12.4 Å². The van der Waals surface area contributed by atoms with Crippen LogP contribution in [0, 0.1) is 12.8 Å². The molecule has 0 amide bonds. The standard InChI is InChI=1S/C14H12F3N.C4H8.2C2H6.C2H2/c1-18-13-8-4-11(5-9-13)10-2-6-12(7-3-10)14(15,16)17;1-4(2)3;3*1-2/h2-9,18H,1H3;1H2,2-3H3;2*1-2H3;1-2H. The Labute approximate surface area is 169 Å². The molecule has 156 valence electrons. The Kier molecular flexibility index (Phi) is 19.0. The summed E-state index contributed by atoms with van der Waals surface area (Å²) in [6.45, 7) is 15.5. The van der Waals surface area contributed by atoms with E-state index in [0.717, 1.165) is 28.9 Å². The highest BCUT2D eigenvalue weighted by molar-refractivity contribution is 5.66. The Hall–Kier alpha value is -2.67. The molecule has 0 spiro atoms. The molecule has 0 saturated heterocycles. The van der Waals surface area contributed by atoms with Gasteiger partial charge in [0.2, 0.25) is 0 Å². The number of halogens is 3. The van der Waals surface area contributed by atoms with Gasteiger partial charge in [-0.15, -0.1) is 19.4 Å². The van der Waals surface area contributed by atoms with Gasteiger partial charge in [0.1, 0.15) is 0 Å². The van der Waals surface area contributed by atoms with Gasteiger partial charge in [0.15, 0.2) is 0 Å². The number of terminal acetylenes is 1. The Balaban J connectivity index is -0.000000535. The lowest BCUT2D eigenvalue weighted by molar-refractivity contribution is -0.137. The van der Waals surface area contributed by atoms with Crippen LogP contribution in [-0.2, 0) is 6.18 Å². The lowest BCUT2D eigenvalue weighted by Gasteiger charge is -2.08. The number of hydrogen-bond acceptors (Lipinski definition) is 1. The molecule has 0 radical (unpaired) electrons. The summed E-state index contributed by atoms with van der Waals surface area (Å²) in [6, 6.07) is 12.7. The molecule has 1 nitrogen and oxygen atoms in total. The number of hydrogen-bond donors (Lipinski definition) is 1. The molecule has 0 aromatic heterocycles. The number of alkyl halides is 3. The minimum Gasteiger partial charge on any atom is -0.388 e. The highest BCUT2D eigenvalue weighted by Crippen LogP contribution is 2.31. The van der Waals surface area contributed by atoms with Gasteiger partial charge < -0.3 is 5.32 Å². The summed E-state index contributed by atoms with van der Waals surface area (Å²) >= 11 is 0. The molecule has 0 atom stereocenters.